The van der Waals surface area contributed by atoms with Crippen molar-refractivity contribution >= 4 is 22.5 Å². The van der Waals surface area contributed by atoms with Gasteiger partial charge in [0.25, 0.3) is 0 Å². The van der Waals surface area contributed by atoms with Crippen molar-refractivity contribution in [2.45, 2.75) is 0 Å². The van der Waals surface area contributed by atoms with Crippen LogP contribution in [-0.2, 0) is 0 Å². The molecule has 4 rings (SSSR count). The van der Waals surface area contributed by atoms with Crippen molar-refractivity contribution in [3.8, 4) is 0 Å². The molecule has 5 nitrogen and oxygen atoms in total. The van der Waals surface area contributed by atoms with Gasteiger partial charge in [-0.2, -0.15) is 0 Å². The van der Waals surface area contributed by atoms with E-state index < -0.39 is 0 Å². The first kappa shape index (κ1) is 13.0. The molecule has 0 radical (unpaired) electrons. The molecule has 110 valence electrons. The highest BCUT2D eigenvalue weighted by Gasteiger charge is 2.19. The molecule has 5 heteroatoms. The molecule has 3 heterocycles. The van der Waals surface area contributed by atoms with Gasteiger partial charge in [-0.1, -0.05) is 24.3 Å². The molecule has 1 aliphatic heterocycles. The van der Waals surface area contributed by atoms with Crippen LogP contribution in [0.2, 0.25) is 0 Å². The topological polar surface area (TPSA) is 45.2 Å². The third-order valence-electron chi connectivity index (χ3n) is 4.06. The number of fused-ring (bicyclic) bond motifs is 1. The van der Waals surface area contributed by atoms with E-state index in [1.165, 1.54) is 10.8 Å². The lowest BCUT2D eigenvalue weighted by Gasteiger charge is -2.35. The zero-order chi connectivity index (χ0) is 14.8. The van der Waals surface area contributed by atoms with E-state index in [-0.39, 0.29) is 0 Å². The van der Waals surface area contributed by atoms with Crippen LogP contribution < -0.4 is 9.80 Å². The Morgan fingerprint density at radius 2 is 1.41 bits per heavy atom. The van der Waals surface area contributed by atoms with Crippen LogP contribution in [0.1, 0.15) is 0 Å². The van der Waals surface area contributed by atoms with Gasteiger partial charge in [-0.25, -0.2) is 15.0 Å². The number of nitrogens with zero attached hydrogens (tertiary/aromatic N) is 5. The van der Waals surface area contributed by atoms with Crippen molar-refractivity contribution in [2.75, 3.05) is 36.0 Å². The molecule has 1 saturated heterocycles. The lowest BCUT2D eigenvalue weighted by atomic mass is 10.2. The van der Waals surface area contributed by atoms with Gasteiger partial charge in [-0.05, 0) is 17.5 Å². The van der Waals surface area contributed by atoms with Crippen LogP contribution in [0.15, 0.2) is 55.0 Å². The van der Waals surface area contributed by atoms with Crippen LogP contribution in [-0.4, -0.2) is 41.1 Å². The molecular formula is C17H17N5. The summed E-state index contributed by atoms with van der Waals surface area (Å²) in [5.74, 6) is 1.86. The minimum Gasteiger partial charge on any atom is -0.353 e. The summed E-state index contributed by atoms with van der Waals surface area (Å²) in [6.45, 7) is 3.70. The van der Waals surface area contributed by atoms with Gasteiger partial charge in [0.2, 0.25) is 5.95 Å². The molecule has 0 bridgehead atoms. The predicted octanol–water partition coefficient (Wildman–Crippen LogP) is 2.35. The van der Waals surface area contributed by atoms with Crippen LogP contribution in [0.5, 0.6) is 0 Å². The van der Waals surface area contributed by atoms with E-state index in [9.17, 15) is 0 Å². The monoisotopic (exact) mass is 291 g/mol. The minimum atomic E-state index is 0.814. The Kier molecular flexibility index (Phi) is 3.31. The number of hydrogen-bond acceptors (Lipinski definition) is 5. The van der Waals surface area contributed by atoms with E-state index >= 15 is 0 Å². The van der Waals surface area contributed by atoms with Crippen molar-refractivity contribution in [1.82, 2.24) is 15.0 Å². The Morgan fingerprint density at radius 1 is 0.727 bits per heavy atom. The molecule has 3 aromatic rings. The summed E-state index contributed by atoms with van der Waals surface area (Å²) in [6, 6.07) is 12.4. The van der Waals surface area contributed by atoms with E-state index in [1.807, 2.05) is 18.3 Å². The molecule has 0 unspecified atom stereocenters. The third-order valence-corrected chi connectivity index (χ3v) is 4.06. The van der Waals surface area contributed by atoms with Crippen molar-refractivity contribution < 1.29 is 0 Å². The Morgan fingerprint density at radius 3 is 2.18 bits per heavy atom. The zero-order valence-electron chi connectivity index (χ0n) is 12.3. The predicted molar refractivity (Wildman–Crippen MR) is 88.2 cm³/mol. The van der Waals surface area contributed by atoms with E-state index in [1.54, 1.807) is 12.4 Å². The molecule has 0 N–H and O–H groups in total. The third kappa shape index (κ3) is 2.45. The van der Waals surface area contributed by atoms with Gasteiger partial charge in [0, 0.05) is 50.2 Å². The molecule has 0 atom stereocenters. The molecule has 0 saturated carbocycles. The zero-order valence-corrected chi connectivity index (χ0v) is 12.3. The van der Waals surface area contributed by atoms with Crippen molar-refractivity contribution in [2.24, 2.45) is 0 Å². The lowest BCUT2D eigenvalue weighted by molar-refractivity contribution is 0.635. The average Bonchev–Trinajstić information content (AvgIpc) is 2.62. The standard InChI is InChI=1S/C17H17N5/c1-2-5-15-13-20-16(12-14(15)4-1)21-8-10-22(11-9-21)17-18-6-3-7-19-17/h1-7,12-13H,8-11H2. The molecule has 1 aromatic carbocycles. The second-order valence-corrected chi connectivity index (χ2v) is 5.41. The fourth-order valence-corrected chi connectivity index (χ4v) is 2.83. The van der Waals surface area contributed by atoms with Crippen LogP contribution in [0.4, 0.5) is 11.8 Å². The van der Waals surface area contributed by atoms with Gasteiger partial charge in [-0.3, -0.25) is 0 Å². The van der Waals surface area contributed by atoms with Crippen molar-refractivity contribution in [3.63, 3.8) is 0 Å². The lowest BCUT2D eigenvalue weighted by Crippen LogP contribution is -2.47. The number of anilines is 2. The molecule has 0 amide bonds. The second kappa shape index (κ2) is 5.60. The first-order chi connectivity index (χ1) is 10.9. The summed E-state index contributed by atoms with van der Waals surface area (Å²) in [7, 11) is 0. The summed E-state index contributed by atoms with van der Waals surface area (Å²) in [6.07, 6.45) is 5.54. The highest BCUT2D eigenvalue weighted by molar-refractivity contribution is 5.83. The number of piperazine rings is 1. The highest BCUT2D eigenvalue weighted by atomic mass is 15.3. The smallest absolute Gasteiger partial charge is 0.225 e. The SMILES string of the molecule is c1cnc(N2CCN(c3cc4ccccc4cn3)CC2)nc1. The maximum Gasteiger partial charge on any atom is 0.225 e. The first-order valence-electron chi connectivity index (χ1n) is 7.52. The molecule has 0 spiro atoms. The fourth-order valence-electron chi connectivity index (χ4n) is 2.83. The molecule has 1 aliphatic rings. The first-order valence-corrected chi connectivity index (χ1v) is 7.52. The van der Waals surface area contributed by atoms with E-state index in [2.05, 4.69) is 49.0 Å². The number of aromatic nitrogens is 3. The molecule has 0 aliphatic carbocycles. The fraction of sp³-hybridized carbons (Fsp3) is 0.235. The van der Waals surface area contributed by atoms with Crippen molar-refractivity contribution in [3.05, 3.63) is 55.0 Å². The maximum absolute atomic E-state index is 4.60. The van der Waals surface area contributed by atoms with Crippen LogP contribution >= 0.6 is 0 Å². The van der Waals surface area contributed by atoms with Gasteiger partial charge >= 0.3 is 0 Å². The normalized spacial score (nSPS) is 15.3. The average molecular weight is 291 g/mol. The Hall–Kier alpha value is -2.69. The number of benzene rings is 1. The highest BCUT2D eigenvalue weighted by Crippen LogP contribution is 2.21. The summed E-state index contributed by atoms with van der Waals surface area (Å²) in [4.78, 5) is 17.8. The number of pyridine rings is 1. The van der Waals surface area contributed by atoms with E-state index in [4.69, 9.17) is 0 Å². The van der Waals surface area contributed by atoms with E-state index in [0.717, 1.165) is 37.9 Å². The van der Waals surface area contributed by atoms with Gasteiger partial charge < -0.3 is 9.80 Å². The van der Waals surface area contributed by atoms with E-state index in [0.29, 0.717) is 0 Å². The Labute approximate surface area is 129 Å². The van der Waals surface area contributed by atoms with Gasteiger partial charge in [0.1, 0.15) is 5.82 Å². The van der Waals surface area contributed by atoms with Gasteiger partial charge in [0.05, 0.1) is 0 Å². The molecule has 2 aromatic heterocycles. The molecule has 22 heavy (non-hydrogen) atoms. The van der Waals surface area contributed by atoms with Crippen LogP contribution in [0, 0.1) is 0 Å². The second-order valence-electron chi connectivity index (χ2n) is 5.41. The summed E-state index contributed by atoms with van der Waals surface area (Å²) in [5, 5.41) is 2.42. The van der Waals surface area contributed by atoms with Crippen LogP contribution in [0.25, 0.3) is 10.8 Å². The minimum absolute atomic E-state index is 0.814. The summed E-state index contributed by atoms with van der Waals surface area (Å²) < 4.78 is 0. The number of hydrogen-bond donors (Lipinski definition) is 0. The summed E-state index contributed by atoms with van der Waals surface area (Å²) in [5.41, 5.74) is 0. The number of rotatable bonds is 2. The molecule has 1 fully saturated rings. The van der Waals surface area contributed by atoms with Gasteiger partial charge in [0.15, 0.2) is 0 Å². The van der Waals surface area contributed by atoms with Crippen LogP contribution in [0.3, 0.4) is 0 Å². The maximum atomic E-state index is 4.60. The van der Waals surface area contributed by atoms with Crippen molar-refractivity contribution in [1.29, 1.82) is 0 Å². The van der Waals surface area contributed by atoms with Gasteiger partial charge in [-0.15, -0.1) is 0 Å². The quantitative estimate of drug-likeness (QED) is 0.725. The Balaban J connectivity index is 1.50. The molecular weight excluding hydrogens is 274 g/mol. The Bertz CT molecular complexity index is 766. The largest absolute Gasteiger partial charge is 0.353 e. The summed E-state index contributed by atoms with van der Waals surface area (Å²) >= 11 is 0.